The van der Waals surface area contributed by atoms with Gasteiger partial charge in [0.2, 0.25) is 5.91 Å². The summed E-state index contributed by atoms with van der Waals surface area (Å²) in [4.78, 5) is 40.9. The first kappa shape index (κ1) is 41.0. The van der Waals surface area contributed by atoms with Crippen molar-refractivity contribution in [2.24, 2.45) is 40.4 Å². The quantitative estimate of drug-likeness (QED) is 0.197. The van der Waals surface area contributed by atoms with Crippen LogP contribution in [0.3, 0.4) is 0 Å². The van der Waals surface area contributed by atoms with E-state index in [0.29, 0.717) is 83.8 Å². The lowest BCUT2D eigenvalue weighted by molar-refractivity contribution is -0.195. The van der Waals surface area contributed by atoms with Gasteiger partial charge in [0.15, 0.2) is 11.5 Å². The topological polar surface area (TPSA) is 157 Å². The number of esters is 1. The summed E-state index contributed by atoms with van der Waals surface area (Å²) in [6.45, 7) is 12.8. The van der Waals surface area contributed by atoms with E-state index in [-0.39, 0.29) is 35.9 Å². The number of aliphatic hydroxyl groups is 4. The van der Waals surface area contributed by atoms with E-state index < -0.39 is 70.9 Å². The molecule has 2 unspecified atom stereocenters. The van der Waals surface area contributed by atoms with E-state index in [2.05, 4.69) is 10.2 Å². The maximum absolute atomic E-state index is 17.4. The van der Waals surface area contributed by atoms with E-state index in [1.165, 1.54) is 12.2 Å². The zero-order chi connectivity index (χ0) is 38.2. The van der Waals surface area contributed by atoms with Crippen LogP contribution in [0.5, 0.6) is 0 Å². The van der Waals surface area contributed by atoms with Gasteiger partial charge in [0, 0.05) is 36.4 Å². The summed E-state index contributed by atoms with van der Waals surface area (Å²) in [5, 5.41) is 47.9. The Bertz CT molecular complexity index is 1370. The van der Waals surface area contributed by atoms with E-state index in [1.54, 1.807) is 13.0 Å². The number of carbonyl (C=O) groups is 3. The van der Waals surface area contributed by atoms with Crippen molar-refractivity contribution in [1.29, 1.82) is 0 Å². The number of halogens is 1. The molecule has 5 aliphatic rings. The monoisotopic (exact) mass is 732 g/mol. The van der Waals surface area contributed by atoms with E-state index >= 15 is 4.39 Å². The zero-order valence-electron chi connectivity index (χ0n) is 32.2. The molecular weight excluding hydrogens is 667 g/mol. The fourth-order valence-electron chi connectivity index (χ4n) is 11.1. The number of alkyl halides is 1. The predicted octanol–water partition coefficient (Wildman–Crippen LogP) is 4.42. The van der Waals surface area contributed by atoms with Gasteiger partial charge in [0.05, 0.1) is 24.2 Å². The van der Waals surface area contributed by atoms with Gasteiger partial charge in [-0.2, -0.15) is 0 Å². The Labute approximate surface area is 309 Å². The number of carbonyl (C=O) groups excluding carboxylic acids is 3. The first-order valence-corrected chi connectivity index (χ1v) is 20.1. The first-order chi connectivity index (χ1) is 24.5. The molecule has 11 heteroatoms. The summed E-state index contributed by atoms with van der Waals surface area (Å²) < 4.78 is 23.1. The van der Waals surface area contributed by atoms with Gasteiger partial charge in [-0.25, -0.2) is 4.39 Å². The summed E-state index contributed by atoms with van der Waals surface area (Å²) >= 11 is 0. The molecule has 0 spiro atoms. The molecule has 4 fully saturated rings. The zero-order valence-corrected chi connectivity index (χ0v) is 32.2. The number of nitrogens with zero attached hydrogens (tertiary/aromatic N) is 1. The average molecular weight is 733 g/mol. The van der Waals surface area contributed by atoms with Crippen LogP contribution in [0.25, 0.3) is 0 Å². The van der Waals surface area contributed by atoms with Crippen LogP contribution >= 0.6 is 0 Å². The summed E-state index contributed by atoms with van der Waals surface area (Å²) in [5.74, 6) is -1.77. The Kier molecular flexibility index (Phi) is 12.8. The number of cyclic esters (lactones) is 1. The Morgan fingerprint density at radius 3 is 2.46 bits per heavy atom. The molecule has 1 heterocycles. The normalized spacial score (nSPS) is 45.1. The largest absolute Gasteiger partial charge is 0.459 e. The number of amides is 1. The van der Waals surface area contributed by atoms with Gasteiger partial charge in [0.25, 0.3) is 0 Å². The molecule has 3 saturated carbocycles. The van der Waals surface area contributed by atoms with Gasteiger partial charge in [-0.1, -0.05) is 39.3 Å². The number of fused-ring (bicyclic) bond motifs is 5. The van der Waals surface area contributed by atoms with Gasteiger partial charge >= 0.3 is 5.97 Å². The van der Waals surface area contributed by atoms with Crippen LogP contribution in [0.1, 0.15) is 112 Å². The van der Waals surface area contributed by atoms with Gasteiger partial charge in [-0.05, 0) is 120 Å². The van der Waals surface area contributed by atoms with Crippen molar-refractivity contribution in [2.75, 3.05) is 19.6 Å². The van der Waals surface area contributed by atoms with E-state index in [4.69, 9.17) is 4.74 Å². The number of allylic oxidation sites excluding steroid dienone is 4. The fraction of sp³-hybridized carbons (Fsp3) is 0.829. The van der Waals surface area contributed by atoms with Crippen molar-refractivity contribution in [3.63, 3.8) is 0 Å². The lowest BCUT2D eigenvalue weighted by Crippen LogP contribution is -2.67. The molecule has 1 amide bonds. The molecule has 10 nitrogen and oxygen atoms in total. The molecular formula is C41H65FN2O8. The van der Waals surface area contributed by atoms with Crippen molar-refractivity contribution < 1.29 is 43.9 Å². The van der Waals surface area contributed by atoms with E-state index in [0.717, 1.165) is 5.57 Å². The second-order valence-electron chi connectivity index (χ2n) is 17.5. The second-order valence-corrected chi connectivity index (χ2v) is 17.5. The fourth-order valence-corrected chi connectivity index (χ4v) is 11.1. The number of rotatable bonds is 6. The molecule has 5 rings (SSSR count). The average Bonchev–Trinajstić information content (AvgIpc) is 3.43. The van der Waals surface area contributed by atoms with Crippen LogP contribution in [-0.2, 0) is 19.1 Å². The molecule has 14 atom stereocenters. The molecule has 0 aromatic rings. The number of hydrogen-bond acceptors (Lipinski definition) is 9. The minimum atomic E-state index is -1.91. The Morgan fingerprint density at radius 2 is 1.75 bits per heavy atom. The number of ether oxygens (including phenoxy) is 1. The van der Waals surface area contributed by atoms with Crippen LogP contribution in [0, 0.1) is 40.4 Å². The first-order valence-electron chi connectivity index (χ1n) is 20.1. The third-order valence-electron chi connectivity index (χ3n) is 14.2. The van der Waals surface area contributed by atoms with Crippen LogP contribution < -0.4 is 5.32 Å². The highest BCUT2D eigenvalue weighted by Crippen LogP contribution is 2.68. The molecule has 0 radical (unpaired) electrons. The highest BCUT2D eigenvalue weighted by Gasteiger charge is 2.70. The number of nitrogens with one attached hydrogen (secondary N) is 1. The SMILES string of the molecule is CC[C@H]1OC(=O)[C@H](C)C[C@H](C)C[C@H](O)CCCN(CCCNC(=O)[C@H]2CCC3C4CCC5=CC(=O)C=C[C@]5(C)[C@@]4(F)[C@@H](O)C[C@@]32C)[C@H](C)[C@@H](O)[C@@H]1O. The molecule has 0 bridgehead atoms. The van der Waals surface area contributed by atoms with Crippen molar-refractivity contribution in [3.8, 4) is 0 Å². The van der Waals surface area contributed by atoms with Gasteiger partial charge in [-0.3, -0.25) is 19.3 Å². The Balaban J connectivity index is 1.22. The third-order valence-corrected chi connectivity index (χ3v) is 14.2. The predicted molar refractivity (Wildman–Crippen MR) is 195 cm³/mol. The van der Waals surface area contributed by atoms with Gasteiger partial charge in [0.1, 0.15) is 12.2 Å². The second kappa shape index (κ2) is 16.3. The standard InChI is InChI=1S/C41H65FN2O8/c1-7-33-36(49)35(48)26(4)44(18-8-10-28(45)21-24(2)20-25(3)38(51)52-33)19-9-17-43-37(50)32-14-13-30-31-12-11-27-22-29(46)15-16-40(27,6)41(31,42)34(47)23-39(30,32)5/h15-16,22,24-26,28,30-36,45,47-49H,7-14,17-21,23H2,1-6H3,(H,43,50)/t24-,25+,26+,28+,30?,31?,32+,33+,34-,35+,36+,39-,40-,41-/m0/s1. The minimum Gasteiger partial charge on any atom is -0.459 e. The molecule has 1 aliphatic heterocycles. The highest BCUT2D eigenvalue weighted by molar-refractivity contribution is 6.01. The molecule has 1 saturated heterocycles. The number of ketones is 1. The molecule has 0 aromatic carbocycles. The van der Waals surface area contributed by atoms with Crippen molar-refractivity contribution >= 4 is 17.7 Å². The molecule has 5 N–H and O–H groups in total. The number of aliphatic hydroxyl groups excluding tert-OH is 4. The molecule has 4 aliphatic carbocycles. The Hall–Kier alpha value is -2.18. The maximum atomic E-state index is 17.4. The molecule has 0 aromatic heterocycles. The smallest absolute Gasteiger partial charge is 0.309 e. The van der Waals surface area contributed by atoms with Crippen molar-refractivity contribution in [3.05, 3.63) is 23.8 Å². The van der Waals surface area contributed by atoms with Crippen LogP contribution in [-0.4, -0.2) is 105 Å². The maximum Gasteiger partial charge on any atom is 0.309 e. The minimum absolute atomic E-state index is 0.0669. The number of hydrogen-bond donors (Lipinski definition) is 5. The molecule has 294 valence electrons. The summed E-state index contributed by atoms with van der Waals surface area (Å²) in [6, 6.07) is -0.485. The van der Waals surface area contributed by atoms with Gasteiger partial charge in [-0.15, -0.1) is 0 Å². The third kappa shape index (κ3) is 7.68. The van der Waals surface area contributed by atoms with Crippen LogP contribution in [0.4, 0.5) is 4.39 Å². The Morgan fingerprint density at radius 1 is 1.02 bits per heavy atom. The van der Waals surface area contributed by atoms with Gasteiger partial charge < -0.3 is 30.5 Å². The van der Waals surface area contributed by atoms with Crippen LogP contribution in [0.2, 0.25) is 0 Å². The molecule has 52 heavy (non-hydrogen) atoms. The summed E-state index contributed by atoms with van der Waals surface area (Å²) in [6.07, 6.45) is 5.47. The lowest BCUT2D eigenvalue weighted by atomic mass is 9.45. The summed E-state index contributed by atoms with van der Waals surface area (Å²) in [7, 11) is 0. The summed E-state index contributed by atoms with van der Waals surface area (Å²) in [5.41, 5.74) is -2.78. The van der Waals surface area contributed by atoms with Crippen molar-refractivity contribution in [1.82, 2.24) is 10.2 Å². The lowest BCUT2D eigenvalue weighted by Gasteiger charge is -2.61. The highest BCUT2D eigenvalue weighted by atomic mass is 19.1. The van der Waals surface area contributed by atoms with E-state index in [1.807, 2.05) is 34.6 Å². The van der Waals surface area contributed by atoms with E-state index in [9.17, 15) is 34.8 Å². The van der Waals surface area contributed by atoms with Crippen molar-refractivity contribution in [2.45, 2.75) is 154 Å². The van der Waals surface area contributed by atoms with Crippen LogP contribution in [0.15, 0.2) is 23.8 Å².